The first-order valence-electron chi connectivity index (χ1n) is 8.99. The van der Waals surface area contributed by atoms with Gasteiger partial charge in [0.15, 0.2) is 0 Å². The smallest absolute Gasteiger partial charge is 0.338 e. The third-order valence-corrected chi connectivity index (χ3v) is 7.49. The molecule has 3 rings (SSSR count). The minimum absolute atomic E-state index is 0.0463. The highest BCUT2D eigenvalue weighted by molar-refractivity contribution is 7.89. The molecule has 28 heavy (non-hydrogen) atoms. The molecule has 0 aliphatic heterocycles. The van der Waals surface area contributed by atoms with E-state index in [0.29, 0.717) is 23.7 Å². The van der Waals surface area contributed by atoms with E-state index in [1.165, 1.54) is 27.8 Å². The summed E-state index contributed by atoms with van der Waals surface area (Å²) in [5.74, 6) is -0.562. The number of carbonyl (C=O) groups excluding carboxylic acids is 1. The van der Waals surface area contributed by atoms with Crippen molar-refractivity contribution in [2.45, 2.75) is 32.3 Å². The number of benzene rings is 2. The van der Waals surface area contributed by atoms with Gasteiger partial charge < -0.3 is 4.74 Å². The third kappa shape index (κ3) is 4.09. The minimum atomic E-state index is -3.64. The Morgan fingerprint density at radius 3 is 2.54 bits per heavy atom. The van der Waals surface area contributed by atoms with Crippen LogP contribution in [-0.2, 0) is 21.4 Å². The number of sulfonamides is 1. The molecule has 0 atom stereocenters. The molecule has 0 saturated heterocycles. The largest absolute Gasteiger partial charge is 0.455 e. The SMILES string of the molecule is CCN(CC)S(=O)(=O)c1ccc(C)c(C(=O)OCc2nc3ccccc3s2)c1. The van der Waals surface area contributed by atoms with Crippen molar-refractivity contribution in [3.8, 4) is 0 Å². The Labute approximate surface area is 168 Å². The molecule has 8 heteroatoms. The standard InChI is InChI=1S/C20H22N2O4S2/c1-4-22(5-2)28(24,25)15-11-10-14(3)16(12-15)20(23)26-13-19-21-17-8-6-7-9-18(17)27-19/h6-12H,4-5,13H2,1-3H3. The van der Waals surface area contributed by atoms with E-state index in [1.807, 2.05) is 24.3 Å². The van der Waals surface area contributed by atoms with Crippen LogP contribution in [0.15, 0.2) is 47.4 Å². The number of aromatic nitrogens is 1. The first kappa shape index (κ1) is 20.4. The fourth-order valence-electron chi connectivity index (χ4n) is 2.88. The quantitative estimate of drug-likeness (QED) is 0.542. The summed E-state index contributed by atoms with van der Waals surface area (Å²) in [5.41, 5.74) is 1.77. The Morgan fingerprint density at radius 1 is 1.14 bits per heavy atom. The number of ether oxygens (including phenoxy) is 1. The molecule has 148 valence electrons. The molecule has 0 unspecified atom stereocenters. The van der Waals surface area contributed by atoms with Crippen LogP contribution in [0.5, 0.6) is 0 Å². The normalized spacial score (nSPS) is 11.9. The molecule has 3 aromatic rings. The zero-order valence-corrected chi connectivity index (χ0v) is 17.6. The maximum absolute atomic E-state index is 12.7. The Balaban J connectivity index is 1.81. The molecular formula is C20H22N2O4S2. The molecule has 1 aromatic heterocycles. The van der Waals surface area contributed by atoms with Crippen molar-refractivity contribution >= 4 is 37.5 Å². The number of fused-ring (bicyclic) bond motifs is 1. The highest BCUT2D eigenvalue weighted by atomic mass is 32.2. The first-order valence-corrected chi connectivity index (χ1v) is 11.2. The molecule has 0 amide bonds. The summed E-state index contributed by atoms with van der Waals surface area (Å²) < 4.78 is 33.2. The fourth-order valence-corrected chi connectivity index (χ4v) is 5.25. The van der Waals surface area contributed by atoms with E-state index in [4.69, 9.17) is 4.74 Å². The van der Waals surface area contributed by atoms with Crippen molar-refractivity contribution in [3.05, 3.63) is 58.6 Å². The van der Waals surface area contributed by atoms with Crippen LogP contribution in [0.1, 0.15) is 34.8 Å². The Hall–Kier alpha value is -2.29. The van der Waals surface area contributed by atoms with Crippen LogP contribution < -0.4 is 0 Å². The highest BCUT2D eigenvalue weighted by Gasteiger charge is 2.24. The van der Waals surface area contributed by atoms with E-state index < -0.39 is 16.0 Å². The Kier molecular flexibility index (Phi) is 6.12. The van der Waals surface area contributed by atoms with E-state index in [-0.39, 0.29) is 17.1 Å². The van der Waals surface area contributed by atoms with E-state index in [2.05, 4.69) is 4.98 Å². The van der Waals surface area contributed by atoms with Crippen LogP contribution in [0.2, 0.25) is 0 Å². The van der Waals surface area contributed by atoms with Gasteiger partial charge in [-0.1, -0.05) is 32.0 Å². The Bertz CT molecular complexity index is 1070. The zero-order valence-electron chi connectivity index (χ0n) is 16.0. The molecule has 2 aromatic carbocycles. The van der Waals surface area contributed by atoms with Crippen LogP contribution in [-0.4, -0.2) is 36.8 Å². The molecule has 0 fully saturated rings. The van der Waals surface area contributed by atoms with E-state index in [9.17, 15) is 13.2 Å². The summed E-state index contributed by atoms with van der Waals surface area (Å²) in [4.78, 5) is 17.1. The van der Waals surface area contributed by atoms with Gasteiger partial charge in [-0.3, -0.25) is 0 Å². The van der Waals surface area contributed by atoms with Crippen LogP contribution in [0.4, 0.5) is 0 Å². The maximum atomic E-state index is 12.7. The van der Waals surface area contributed by atoms with E-state index >= 15 is 0 Å². The van der Waals surface area contributed by atoms with Gasteiger partial charge in [0, 0.05) is 13.1 Å². The van der Waals surface area contributed by atoms with E-state index in [0.717, 1.165) is 10.2 Å². The Morgan fingerprint density at radius 2 is 1.86 bits per heavy atom. The number of para-hydroxylation sites is 1. The summed E-state index contributed by atoms with van der Waals surface area (Å²) in [5, 5.41) is 0.694. The van der Waals surface area contributed by atoms with Crippen LogP contribution in [0.3, 0.4) is 0 Å². The molecule has 0 N–H and O–H groups in total. The van der Waals surface area contributed by atoms with Crippen LogP contribution in [0, 0.1) is 6.92 Å². The number of carbonyl (C=O) groups is 1. The number of esters is 1. The lowest BCUT2D eigenvalue weighted by Gasteiger charge is -2.19. The molecule has 0 radical (unpaired) electrons. The maximum Gasteiger partial charge on any atom is 0.338 e. The first-order chi connectivity index (χ1) is 13.4. The van der Waals surface area contributed by atoms with Gasteiger partial charge >= 0.3 is 5.97 Å². The number of thiazole rings is 1. The monoisotopic (exact) mass is 418 g/mol. The van der Waals surface area contributed by atoms with Gasteiger partial charge in [0.05, 0.1) is 20.7 Å². The topological polar surface area (TPSA) is 76.6 Å². The molecular weight excluding hydrogens is 396 g/mol. The fraction of sp³-hybridized carbons (Fsp3) is 0.300. The van der Waals surface area contributed by atoms with Gasteiger partial charge in [0.25, 0.3) is 0 Å². The number of aryl methyl sites for hydroxylation is 1. The molecule has 6 nitrogen and oxygen atoms in total. The second-order valence-corrected chi connectivity index (χ2v) is 9.27. The molecule has 0 saturated carbocycles. The third-order valence-electron chi connectivity index (χ3n) is 4.44. The lowest BCUT2D eigenvalue weighted by atomic mass is 10.1. The predicted octanol–water partition coefficient (Wildman–Crippen LogP) is 3.99. The molecule has 0 bridgehead atoms. The molecule has 1 heterocycles. The lowest BCUT2D eigenvalue weighted by Crippen LogP contribution is -2.30. The summed E-state index contributed by atoms with van der Waals surface area (Å²) in [6.07, 6.45) is 0. The van der Waals surface area contributed by atoms with Crippen molar-refractivity contribution < 1.29 is 17.9 Å². The van der Waals surface area contributed by atoms with Crippen LogP contribution >= 0.6 is 11.3 Å². The van der Waals surface area contributed by atoms with Crippen molar-refractivity contribution in [1.82, 2.24) is 9.29 Å². The number of hydrogen-bond acceptors (Lipinski definition) is 6. The average molecular weight is 419 g/mol. The number of nitrogens with zero attached hydrogens (tertiary/aromatic N) is 2. The molecule has 0 spiro atoms. The summed E-state index contributed by atoms with van der Waals surface area (Å²) >= 11 is 1.47. The molecule has 0 aliphatic carbocycles. The number of hydrogen-bond donors (Lipinski definition) is 0. The van der Waals surface area contributed by atoms with Gasteiger partial charge in [-0.2, -0.15) is 4.31 Å². The minimum Gasteiger partial charge on any atom is -0.455 e. The average Bonchev–Trinajstić information content (AvgIpc) is 3.10. The van der Waals surface area contributed by atoms with Gasteiger partial charge in [0.2, 0.25) is 10.0 Å². The summed E-state index contributed by atoms with van der Waals surface area (Å²) in [7, 11) is -3.64. The van der Waals surface area contributed by atoms with Gasteiger partial charge in [-0.15, -0.1) is 11.3 Å². The zero-order chi connectivity index (χ0) is 20.3. The lowest BCUT2D eigenvalue weighted by molar-refractivity contribution is 0.0471. The molecule has 0 aliphatic rings. The highest BCUT2D eigenvalue weighted by Crippen LogP contribution is 2.24. The van der Waals surface area contributed by atoms with Crippen molar-refractivity contribution in [2.75, 3.05) is 13.1 Å². The van der Waals surface area contributed by atoms with Gasteiger partial charge in [-0.25, -0.2) is 18.2 Å². The van der Waals surface area contributed by atoms with Gasteiger partial charge in [0.1, 0.15) is 11.6 Å². The summed E-state index contributed by atoms with van der Waals surface area (Å²) in [6, 6.07) is 12.2. The predicted molar refractivity (Wildman–Crippen MR) is 110 cm³/mol. The van der Waals surface area contributed by atoms with Crippen molar-refractivity contribution in [3.63, 3.8) is 0 Å². The van der Waals surface area contributed by atoms with Crippen molar-refractivity contribution in [1.29, 1.82) is 0 Å². The second kappa shape index (κ2) is 8.38. The summed E-state index contributed by atoms with van der Waals surface area (Å²) in [6.45, 7) is 6.09. The van der Waals surface area contributed by atoms with Gasteiger partial charge in [-0.05, 0) is 36.8 Å². The van der Waals surface area contributed by atoms with Crippen LogP contribution in [0.25, 0.3) is 10.2 Å². The van der Waals surface area contributed by atoms with Crippen molar-refractivity contribution in [2.24, 2.45) is 0 Å². The number of rotatable bonds is 7. The van der Waals surface area contributed by atoms with E-state index in [1.54, 1.807) is 26.8 Å². The second-order valence-electron chi connectivity index (χ2n) is 6.22.